The number of nitrogens with zero attached hydrogens (tertiary/aromatic N) is 4. The molecule has 4 rings (SSSR count). The van der Waals surface area contributed by atoms with Gasteiger partial charge in [-0.05, 0) is 54.6 Å². The Hall–Kier alpha value is -3.57. The number of carbonyl (C=O) groups excluding carboxylic acids is 1. The van der Waals surface area contributed by atoms with Gasteiger partial charge in [-0.15, -0.1) is 10.2 Å². The Morgan fingerprint density at radius 1 is 1.09 bits per heavy atom. The van der Waals surface area contributed by atoms with Gasteiger partial charge in [0, 0.05) is 29.3 Å². The van der Waals surface area contributed by atoms with Crippen molar-refractivity contribution >= 4 is 35.0 Å². The minimum Gasteiger partial charge on any atom is -0.497 e. The second kappa shape index (κ2) is 10.4. The van der Waals surface area contributed by atoms with Gasteiger partial charge in [-0.25, -0.2) is 0 Å². The molecule has 0 aliphatic heterocycles. The number of hydrogen-bond acceptors (Lipinski definition) is 6. The van der Waals surface area contributed by atoms with Crippen molar-refractivity contribution in [1.82, 2.24) is 19.7 Å². The minimum atomic E-state index is -4.63. The van der Waals surface area contributed by atoms with Crippen molar-refractivity contribution in [2.45, 2.75) is 11.3 Å². The molecule has 0 saturated carbocycles. The second-order valence-electron chi connectivity index (χ2n) is 7.10. The zero-order chi connectivity index (χ0) is 25.0. The highest BCUT2D eigenvalue weighted by Gasteiger charge is 2.33. The highest BCUT2D eigenvalue weighted by molar-refractivity contribution is 7.99. The van der Waals surface area contributed by atoms with Crippen LogP contribution in [0.25, 0.3) is 17.1 Å². The molecule has 0 aliphatic rings. The Morgan fingerprint density at radius 3 is 2.46 bits per heavy atom. The lowest BCUT2D eigenvalue weighted by Gasteiger charge is -2.12. The Labute approximate surface area is 207 Å². The first kappa shape index (κ1) is 24.6. The maximum absolute atomic E-state index is 13.1. The van der Waals surface area contributed by atoms with Gasteiger partial charge in [0.2, 0.25) is 5.91 Å². The highest BCUT2D eigenvalue weighted by Crippen LogP contribution is 2.36. The van der Waals surface area contributed by atoms with Crippen LogP contribution in [0.1, 0.15) is 5.56 Å². The third-order valence-corrected chi connectivity index (χ3v) is 6.05. The lowest BCUT2D eigenvalue weighted by Crippen LogP contribution is -2.15. The Bertz CT molecular complexity index is 1330. The lowest BCUT2D eigenvalue weighted by molar-refractivity contribution is -0.137. The van der Waals surface area contributed by atoms with Crippen LogP contribution in [0.4, 0.5) is 18.9 Å². The van der Waals surface area contributed by atoms with E-state index in [2.05, 4.69) is 20.5 Å². The molecule has 2 aromatic heterocycles. The molecule has 0 radical (unpaired) electrons. The molecule has 1 N–H and O–H groups in total. The number of hydrogen-bond donors (Lipinski definition) is 1. The van der Waals surface area contributed by atoms with Gasteiger partial charge in [0.25, 0.3) is 0 Å². The molecule has 0 spiro atoms. The molecule has 0 bridgehead atoms. The van der Waals surface area contributed by atoms with Crippen LogP contribution in [0.15, 0.2) is 72.1 Å². The second-order valence-corrected chi connectivity index (χ2v) is 8.45. The monoisotopic (exact) mass is 519 g/mol. The van der Waals surface area contributed by atoms with E-state index in [0.29, 0.717) is 16.7 Å². The van der Waals surface area contributed by atoms with Crippen LogP contribution in [0, 0.1) is 0 Å². The van der Waals surface area contributed by atoms with Gasteiger partial charge in [-0.1, -0.05) is 23.4 Å². The van der Waals surface area contributed by atoms with Gasteiger partial charge in [0.1, 0.15) is 5.75 Å². The van der Waals surface area contributed by atoms with Crippen LogP contribution >= 0.6 is 23.4 Å². The average molecular weight is 520 g/mol. The summed E-state index contributed by atoms with van der Waals surface area (Å²) in [6.45, 7) is 0. The van der Waals surface area contributed by atoms with Gasteiger partial charge < -0.3 is 10.1 Å². The number of thioether (sulfide) groups is 1. The number of anilines is 1. The number of amides is 1. The summed E-state index contributed by atoms with van der Waals surface area (Å²) in [5.41, 5.74) is 0.464. The first-order valence-electron chi connectivity index (χ1n) is 10.1. The molecule has 12 heteroatoms. The van der Waals surface area contributed by atoms with Gasteiger partial charge in [-0.2, -0.15) is 13.2 Å². The van der Waals surface area contributed by atoms with Crippen molar-refractivity contribution in [3.8, 4) is 22.8 Å². The zero-order valence-electron chi connectivity index (χ0n) is 18.1. The largest absolute Gasteiger partial charge is 0.497 e. The number of methoxy groups -OCH3 is 1. The first-order valence-corrected chi connectivity index (χ1v) is 11.4. The van der Waals surface area contributed by atoms with Gasteiger partial charge in [0.05, 0.1) is 23.4 Å². The molecule has 7 nitrogen and oxygen atoms in total. The zero-order valence-corrected chi connectivity index (χ0v) is 19.7. The fraction of sp³-hybridized carbons (Fsp3) is 0.130. The summed E-state index contributed by atoms with van der Waals surface area (Å²) in [6.07, 6.45) is -1.38. The van der Waals surface area contributed by atoms with E-state index in [-0.39, 0.29) is 11.4 Å². The summed E-state index contributed by atoms with van der Waals surface area (Å²) >= 11 is 6.73. The number of rotatable bonds is 7. The standard InChI is InChI=1S/C23H17ClF3N5O2S/c1-34-17-5-3-16(4-6-17)32-21(14-8-10-28-11-9-14)30-31-22(32)35-13-20(33)29-15-2-7-19(24)18(12-15)23(25,26)27/h2-12H,13H2,1H3,(H,29,33). The molecule has 0 unspecified atom stereocenters. The van der Waals surface area contributed by atoms with E-state index < -0.39 is 22.7 Å². The van der Waals surface area contributed by atoms with Crippen molar-refractivity contribution < 1.29 is 22.7 Å². The Balaban J connectivity index is 1.56. The predicted molar refractivity (Wildman–Crippen MR) is 127 cm³/mol. The normalized spacial score (nSPS) is 11.3. The number of alkyl halides is 3. The molecule has 2 aromatic carbocycles. The van der Waals surface area contributed by atoms with Crippen LogP contribution < -0.4 is 10.1 Å². The van der Waals surface area contributed by atoms with Crippen LogP contribution in [0.3, 0.4) is 0 Å². The number of halogens is 4. The van der Waals surface area contributed by atoms with Crippen molar-refractivity contribution in [2.24, 2.45) is 0 Å². The molecule has 35 heavy (non-hydrogen) atoms. The number of nitrogens with one attached hydrogen (secondary N) is 1. The van der Waals surface area contributed by atoms with E-state index in [1.165, 1.54) is 6.07 Å². The fourth-order valence-corrected chi connectivity index (χ4v) is 4.14. The maximum Gasteiger partial charge on any atom is 0.417 e. The van der Waals surface area contributed by atoms with Crippen LogP contribution in [-0.2, 0) is 11.0 Å². The van der Waals surface area contributed by atoms with Gasteiger partial charge in [0.15, 0.2) is 11.0 Å². The van der Waals surface area contributed by atoms with Crippen molar-refractivity contribution in [3.05, 3.63) is 77.6 Å². The van der Waals surface area contributed by atoms with Crippen molar-refractivity contribution in [3.63, 3.8) is 0 Å². The van der Waals surface area contributed by atoms with E-state index in [9.17, 15) is 18.0 Å². The van der Waals surface area contributed by atoms with Crippen LogP contribution in [0.5, 0.6) is 5.75 Å². The molecule has 1 amide bonds. The summed E-state index contributed by atoms with van der Waals surface area (Å²) in [5, 5.41) is 10.9. The van der Waals surface area contributed by atoms with Gasteiger partial charge in [-0.3, -0.25) is 14.3 Å². The van der Waals surface area contributed by atoms with E-state index in [1.807, 2.05) is 12.1 Å². The highest BCUT2D eigenvalue weighted by atomic mass is 35.5. The molecule has 180 valence electrons. The van der Waals surface area contributed by atoms with Crippen molar-refractivity contribution in [2.75, 3.05) is 18.2 Å². The summed E-state index contributed by atoms with van der Waals surface area (Å²) in [6, 6.07) is 14.0. The Kier molecular flexibility index (Phi) is 7.27. The third kappa shape index (κ3) is 5.75. The van der Waals surface area contributed by atoms with E-state index >= 15 is 0 Å². The first-order chi connectivity index (χ1) is 16.8. The Morgan fingerprint density at radius 2 is 1.80 bits per heavy atom. The predicted octanol–water partition coefficient (Wildman–Crippen LogP) is 5.74. The van der Waals surface area contributed by atoms with Crippen LogP contribution in [-0.4, -0.2) is 38.5 Å². The topological polar surface area (TPSA) is 81.9 Å². The molecule has 0 aliphatic carbocycles. The third-order valence-electron chi connectivity index (χ3n) is 4.79. The fourth-order valence-electron chi connectivity index (χ4n) is 3.16. The number of pyridine rings is 1. The van der Waals surface area contributed by atoms with Crippen molar-refractivity contribution in [1.29, 1.82) is 0 Å². The average Bonchev–Trinajstić information content (AvgIpc) is 3.28. The van der Waals surface area contributed by atoms with E-state index in [0.717, 1.165) is 35.1 Å². The summed E-state index contributed by atoms with van der Waals surface area (Å²) in [7, 11) is 1.56. The number of carbonyl (C=O) groups is 1. The summed E-state index contributed by atoms with van der Waals surface area (Å²) in [4.78, 5) is 16.5. The molecular weight excluding hydrogens is 503 g/mol. The quantitative estimate of drug-likeness (QED) is 0.313. The molecular formula is C23H17ClF3N5O2S. The molecule has 0 fully saturated rings. The van der Waals surface area contributed by atoms with E-state index in [4.69, 9.17) is 16.3 Å². The van der Waals surface area contributed by atoms with Gasteiger partial charge >= 0.3 is 6.18 Å². The number of benzene rings is 2. The number of ether oxygens (including phenoxy) is 1. The minimum absolute atomic E-state index is 0.0126. The summed E-state index contributed by atoms with van der Waals surface area (Å²) < 4.78 is 46.3. The van der Waals surface area contributed by atoms with Crippen LogP contribution in [0.2, 0.25) is 5.02 Å². The molecule has 0 saturated heterocycles. The maximum atomic E-state index is 13.1. The summed E-state index contributed by atoms with van der Waals surface area (Å²) in [5.74, 6) is 0.574. The smallest absolute Gasteiger partial charge is 0.417 e. The molecule has 2 heterocycles. The molecule has 4 aromatic rings. The number of aromatic nitrogens is 4. The SMILES string of the molecule is COc1ccc(-n2c(SCC(=O)Nc3ccc(Cl)c(C(F)(F)F)c3)nnc2-c2ccncc2)cc1. The lowest BCUT2D eigenvalue weighted by atomic mass is 10.2. The van der Waals surface area contributed by atoms with E-state index in [1.54, 1.807) is 48.3 Å². The molecule has 0 atom stereocenters.